The molecule has 3 aliphatic rings. The first-order valence-electron chi connectivity index (χ1n) is 10.2. The van der Waals surface area contributed by atoms with E-state index < -0.39 is 5.60 Å². The number of piperidine rings is 1. The van der Waals surface area contributed by atoms with Crippen LogP contribution in [0.4, 0.5) is 0 Å². The Morgan fingerprint density at radius 2 is 1.90 bits per heavy atom. The molecule has 6 nitrogen and oxygen atoms in total. The molecule has 4 rings (SSSR count). The molecule has 3 heterocycles. The van der Waals surface area contributed by atoms with Gasteiger partial charge in [0.2, 0.25) is 11.8 Å². The summed E-state index contributed by atoms with van der Waals surface area (Å²) < 4.78 is 6.24. The number of Topliss-reactive ketones (excluding diaryl/α,β-unsaturated/α-hetero) is 1. The molecule has 2 fully saturated rings. The monoisotopic (exact) mass is 418 g/mol. The minimum absolute atomic E-state index is 0.0364. The van der Waals surface area contributed by atoms with E-state index in [-0.39, 0.29) is 35.5 Å². The summed E-state index contributed by atoms with van der Waals surface area (Å²) in [5.41, 5.74) is -0.296. The van der Waals surface area contributed by atoms with Crippen LogP contribution in [-0.2, 0) is 9.59 Å². The van der Waals surface area contributed by atoms with Gasteiger partial charge in [-0.05, 0) is 39.0 Å². The normalized spacial score (nSPS) is 23.9. The third kappa shape index (κ3) is 3.75. The maximum atomic E-state index is 13.0. The smallest absolute Gasteiger partial charge is 0.227 e. The fourth-order valence-corrected chi connectivity index (χ4v) is 4.83. The molecule has 0 radical (unpaired) electrons. The second-order valence-corrected chi connectivity index (χ2v) is 9.86. The van der Waals surface area contributed by atoms with Crippen LogP contribution in [-0.4, -0.2) is 58.2 Å². The summed E-state index contributed by atoms with van der Waals surface area (Å²) in [6, 6.07) is 5.13. The van der Waals surface area contributed by atoms with Crippen LogP contribution in [0.2, 0.25) is 5.02 Å². The number of carbonyl (C=O) groups is 3. The quantitative estimate of drug-likeness (QED) is 0.701. The molecule has 3 aliphatic heterocycles. The Morgan fingerprint density at radius 3 is 2.52 bits per heavy atom. The third-order valence-corrected chi connectivity index (χ3v) is 6.56. The maximum Gasteiger partial charge on any atom is 0.227 e. The van der Waals surface area contributed by atoms with E-state index in [0.717, 1.165) is 0 Å². The number of ether oxygens (including phenoxy) is 1. The van der Waals surface area contributed by atoms with E-state index in [1.54, 1.807) is 23.1 Å². The van der Waals surface area contributed by atoms with Gasteiger partial charge in [-0.15, -0.1) is 0 Å². The zero-order chi connectivity index (χ0) is 21.0. The van der Waals surface area contributed by atoms with E-state index in [1.807, 2.05) is 25.7 Å². The minimum Gasteiger partial charge on any atom is -0.486 e. The van der Waals surface area contributed by atoms with Gasteiger partial charge >= 0.3 is 0 Å². The van der Waals surface area contributed by atoms with Crippen LogP contribution in [0.3, 0.4) is 0 Å². The second kappa shape index (κ2) is 7.01. The van der Waals surface area contributed by atoms with E-state index in [9.17, 15) is 14.4 Å². The Kier molecular flexibility index (Phi) is 4.88. The molecule has 29 heavy (non-hydrogen) atoms. The van der Waals surface area contributed by atoms with Crippen molar-refractivity contribution in [1.29, 1.82) is 0 Å². The van der Waals surface area contributed by atoms with E-state index in [0.29, 0.717) is 55.2 Å². The lowest BCUT2D eigenvalue weighted by Gasteiger charge is -2.44. The van der Waals surface area contributed by atoms with Crippen LogP contribution in [0, 0.1) is 5.92 Å². The van der Waals surface area contributed by atoms with Gasteiger partial charge in [-0.3, -0.25) is 14.4 Å². The van der Waals surface area contributed by atoms with Crippen molar-refractivity contribution >= 4 is 29.2 Å². The van der Waals surface area contributed by atoms with E-state index in [4.69, 9.17) is 16.3 Å². The summed E-state index contributed by atoms with van der Waals surface area (Å²) in [6.45, 7) is 7.52. The molecule has 1 atom stereocenters. The summed E-state index contributed by atoms with van der Waals surface area (Å²) in [6.07, 6.45) is 1.80. The zero-order valence-corrected chi connectivity index (χ0v) is 17.9. The van der Waals surface area contributed by atoms with Crippen LogP contribution in [0.1, 0.15) is 56.8 Å². The predicted molar refractivity (Wildman–Crippen MR) is 109 cm³/mol. The largest absolute Gasteiger partial charge is 0.486 e. The molecule has 1 spiro atoms. The van der Waals surface area contributed by atoms with E-state index in [1.165, 1.54) is 0 Å². The van der Waals surface area contributed by atoms with Crippen LogP contribution >= 0.6 is 11.6 Å². The predicted octanol–water partition coefficient (Wildman–Crippen LogP) is 3.31. The molecule has 2 saturated heterocycles. The number of fused-ring (bicyclic) bond motifs is 1. The van der Waals surface area contributed by atoms with Crippen molar-refractivity contribution in [3.05, 3.63) is 28.8 Å². The number of halogens is 1. The van der Waals surface area contributed by atoms with Crippen molar-refractivity contribution in [2.24, 2.45) is 5.92 Å². The van der Waals surface area contributed by atoms with Crippen molar-refractivity contribution in [2.45, 2.75) is 57.6 Å². The van der Waals surface area contributed by atoms with Crippen LogP contribution in [0.5, 0.6) is 5.75 Å². The summed E-state index contributed by atoms with van der Waals surface area (Å²) >= 11 is 6.00. The number of benzene rings is 1. The van der Waals surface area contributed by atoms with Crippen molar-refractivity contribution in [2.75, 3.05) is 19.6 Å². The Balaban J connectivity index is 1.41. The second-order valence-electron chi connectivity index (χ2n) is 9.43. The van der Waals surface area contributed by atoms with Crippen molar-refractivity contribution in [3.8, 4) is 5.75 Å². The first-order chi connectivity index (χ1) is 13.6. The van der Waals surface area contributed by atoms with Gasteiger partial charge in [0.15, 0.2) is 5.78 Å². The van der Waals surface area contributed by atoms with Crippen LogP contribution in [0.25, 0.3) is 0 Å². The molecular formula is C22H27ClN2O4. The molecule has 0 saturated carbocycles. The highest BCUT2D eigenvalue weighted by atomic mass is 35.5. The van der Waals surface area contributed by atoms with Crippen molar-refractivity contribution in [1.82, 2.24) is 9.80 Å². The molecule has 1 aromatic rings. The molecule has 2 amide bonds. The molecule has 0 N–H and O–H groups in total. The topological polar surface area (TPSA) is 66.9 Å². The highest BCUT2D eigenvalue weighted by molar-refractivity contribution is 6.31. The first-order valence-corrected chi connectivity index (χ1v) is 10.6. The van der Waals surface area contributed by atoms with Crippen LogP contribution in [0.15, 0.2) is 18.2 Å². The average molecular weight is 419 g/mol. The van der Waals surface area contributed by atoms with Gasteiger partial charge in [-0.2, -0.15) is 0 Å². The molecule has 7 heteroatoms. The number of rotatable bonds is 1. The number of likely N-dealkylation sites (tertiary alicyclic amines) is 2. The molecule has 1 aromatic carbocycles. The number of hydrogen-bond donors (Lipinski definition) is 0. The van der Waals surface area contributed by atoms with Crippen molar-refractivity contribution < 1.29 is 19.1 Å². The standard InChI is InChI=1S/C22H27ClN2O4/c1-21(2,3)25-13-14(10-19(25)27)20(28)24-8-6-22(7-9-24)12-17(26)16-11-15(23)4-5-18(16)29-22/h4-5,11,14H,6-10,12-13H2,1-3H3. The van der Waals surface area contributed by atoms with Gasteiger partial charge in [0.25, 0.3) is 0 Å². The first kappa shape index (κ1) is 20.2. The number of amides is 2. The van der Waals surface area contributed by atoms with Gasteiger partial charge < -0.3 is 14.5 Å². The fraction of sp³-hybridized carbons (Fsp3) is 0.591. The van der Waals surface area contributed by atoms with Gasteiger partial charge in [-0.1, -0.05) is 11.6 Å². The third-order valence-electron chi connectivity index (χ3n) is 6.32. The maximum absolute atomic E-state index is 13.0. The lowest BCUT2D eigenvalue weighted by Crippen LogP contribution is -2.53. The molecule has 0 aliphatic carbocycles. The van der Waals surface area contributed by atoms with Crippen molar-refractivity contribution in [3.63, 3.8) is 0 Å². The Hall–Kier alpha value is -2.08. The van der Waals surface area contributed by atoms with E-state index >= 15 is 0 Å². The summed E-state index contributed by atoms with van der Waals surface area (Å²) in [4.78, 5) is 41.6. The average Bonchev–Trinajstić information content (AvgIpc) is 3.05. The van der Waals surface area contributed by atoms with Crippen LogP contribution < -0.4 is 4.74 Å². The summed E-state index contributed by atoms with van der Waals surface area (Å²) in [5, 5.41) is 0.521. The number of nitrogens with zero attached hydrogens (tertiary/aromatic N) is 2. The molecule has 0 bridgehead atoms. The minimum atomic E-state index is -0.558. The number of ketones is 1. The molecular weight excluding hydrogens is 392 g/mol. The van der Waals surface area contributed by atoms with Gasteiger partial charge in [-0.25, -0.2) is 0 Å². The highest BCUT2D eigenvalue weighted by Gasteiger charge is 2.46. The Bertz CT molecular complexity index is 868. The molecule has 156 valence electrons. The van der Waals surface area contributed by atoms with Gasteiger partial charge in [0, 0.05) is 49.5 Å². The molecule has 0 aromatic heterocycles. The molecule has 1 unspecified atom stereocenters. The summed E-state index contributed by atoms with van der Waals surface area (Å²) in [7, 11) is 0. The Morgan fingerprint density at radius 1 is 1.21 bits per heavy atom. The fourth-order valence-electron chi connectivity index (χ4n) is 4.66. The zero-order valence-electron chi connectivity index (χ0n) is 17.2. The highest BCUT2D eigenvalue weighted by Crippen LogP contribution is 2.40. The van der Waals surface area contributed by atoms with Gasteiger partial charge in [0.05, 0.1) is 17.9 Å². The number of hydrogen-bond acceptors (Lipinski definition) is 4. The summed E-state index contributed by atoms with van der Waals surface area (Å²) in [5.74, 6) is 0.408. The Labute approximate surface area is 176 Å². The lowest BCUT2D eigenvalue weighted by molar-refractivity contribution is -0.139. The SMILES string of the molecule is CC(C)(C)N1CC(C(=O)N2CCC3(CC2)CC(=O)c2cc(Cl)ccc2O3)CC1=O. The van der Waals surface area contributed by atoms with E-state index in [2.05, 4.69) is 0 Å². The number of carbonyl (C=O) groups excluding carboxylic acids is 3. The lowest BCUT2D eigenvalue weighted by atomic mass is 9.82. The van der Waals surface area contributed by atoms with Gasteiger partial charge in [0.1, 0.15) is 11.4 Å².